The maximum atomic E-state index is 13.2. The minimum atomic E-state index is -0.659. The van der Waals surface area contributed by atoms with E-state index in [1.54, 1.807) is 19.1 Å². The Hall–Kier alpha value is -2.49. The lowest BCUT2D eigenvalue weighted by Gasteiger charge is -2.34. The minimum Gasteiger partial charge on any atom is -0.466 e. The average Bonchev–Trinajstić information content (AvgIpc) is 2.71. The Balaban J connectivity index is 1.77. The maximum absolute atomic E-state index is 13.2. The Bertz CT molecular complexity index is 864. The average molecular weight is 397 g/mol. The molecule has 1 aliphatic rings. The smallest absolute Gasteiger partial charge is 0.312 e. The van der Waals surface area contributed by atoms with Crippen LogP contribution in [0.2, 0.25) is 0 Å². The van der Waals surface area contributed by atoms with E-state index in [0.717, 1.165) is 54.4 Å². The molecule has 3 rings (SSSR count). The van der Waals surface area contributed by atoms with Crippen LogP contribution in [0.5, 0.6) is 0 Å². The standard InChI is InChI=1S/C25H29FO3/c1-3-29-24(28)25(13-5-4-6-14-25)17-23(27)16-21-15-20(8-7-18(21)2)19-9-11-22(26)12-10-19/h7-12,15H,3-6,13-14,16-17H2,1-2H3. The van der Waals surface area contributed by atoms with E-state index in [1.807, 2.05) is 25.1 Å². The van der Waals surface area contributed by atoms with Crippen LogP contribution < -0.4 is 0 Å². The molecule has 0 amide bonds. The summed E-state index contributed by atoms with van der Waals surface area (Å²) in [5.74, 6) is -0.419. The van der Waals surface area contributed by atoms with Gasteiger partial charge in [-0.05, 0) is 61.1 Å². The molecule has 0 saturated heterocycles. The molecule has 4 heteroatoms. The van der Waals surface area contributed by atoms with Gasteiger partial charge in [-0.1, -0.05) is 49.6 Å². The number of Topliss-reactive ketones (excluding diaryl/α,β-unsaturated/α-hetero) is 1. The molecule has 3 nitrogen and oxygen atoms in total. The van der Waals surface area contributed by atoms with Crippen molar-refractivity contribution in [2.75, 3.05) is 6.61 Å². The number of ketones is 1. The van der Waals surface area contributed by atoms with E-state index >= 15 is 0 Å². The lowest BCUT2D eigenvalue weighted by molar-refractivity contribution is -0.159. The zero-order valence-corrected chi connectivity index (χ0v) is 17.3. The molecular formula is C25H29FO3. The highest BCUT2D eigenvalue weighted by molar-refractivity contribution is 5.88. The number of hydrogen-bond acceptors (Lipinski definition) is 3. The van der Waals surface area contributed by atoms with Crippen molar-refractivity contribution in [3.05, 3.63) is 59.4 Å². The predicted molar refractivity (Wildman–Crippen MR) is 112 cm³/mol. The Morgan fingerprint density at radius 1 is 1.00 bits per heavy atom. The third kappa shape index (κ3) is 5.11. The molecule has 2 aromatic carbocycles. The van der Waals surface area contributed by atoms with Crippen molar-refractivity contribution in [3.63, 3.8) is 0 Å². The lowest BCUT2D eigenvalue weighted by atomic mass is 9.70. The highest BCUT2D eigenvalue weighted by atomic mass is 19.1. The number of carbonyl (C=O) groups excluding carboxylic acids is 2. The summed E-state index contributed by atoms with van der Waals surface area (Å²) in [4.78, 5) is 25.6. The Morgan fingerprint density at radius 3 is 2.31 bits per heavy atom. The number of hydrogen-bond donors (Lipinski definition) is 0. The van der Waals surface area contributed by atoms with E-state index in [2.05, 4.69) is 0 Å². The zero-order valence-electron chi connectivity index (χ0n) is 17.3. The van der Waals surface area contributed by atoms with Crippen LogP contribution in [0.1, 0.15) is 56.6 Å². The molecule has 2 aromatic rings. The Kier molecular flexibility index (Phi) is 6.83. The van der Waals surface area contributed by atoms with Gasteiger partial charge in [-0.3, -0.25) is 9.59 Å². The van der Waals surface area contributed by atoms with Crippen LogP contribution in [0.15, 0.2) is 42.5 Å². The van der Waals surface area contributed by atoms with E-state index < -0.39 is 5.41 Å². The van der Waals surface area contributed by atoms with Crippen molar-refractivity contribution in [1.82, 2.24) is 0 Å². The topological polar surface area (TPSA) is 43.4 Å². The predicted octanol–water partition coefficient (Wildman–Crippen LogP) is 5.82. The number of carbonyl (C=O) groups is 2. The van der Waals surface area contributed by atoms with E-state index in [9.17, 15) is 14.0 Å². The van der Waals surface area contributed by atoms with Crippen molar-refractivity contribution in [2.24, 2.45) is 5.41 Å². The monoisotopic (exact) mass is 396 g/mol. The summed E-state index contributed by atoms with van der Waals surface area (Å²) in [6, 6.07) is 12.3. The van der Waals surface area contributed by atoms with Crippen molar-refractivity contribution < 1.29 is 18.7 Å². The zero-order chi connectivity index (χ0) is 20.9. The SMILES string of the molecule is CCOC(=O)C1(CC(=O)Cc2cc(-c3ccc(F)cc3)ccc2C)CCCCC1. The fourth-order valence-corrected chi connectivity index (χ4v) is 4.30. The Morgan fingerprint density at radius 2 is 1.66 bits per heavy atom. The molecule has 1 fully saturated rings. The van der Waals surface area contributed by atoms with Crippen LogP contribution in [0.4, 0.5) is 4.39 Å². The van der Waals surface area contributed by atoms with Crippen LogP contribution >= 0.6 is 0 Å². The summed E-state index contributed by atoms with van der Waals surface area (Å²) in [6.07, 6.45) is 5.02. The van der Waals surface area contributed by atoms with E-state index in [-0.39, 0.29) is 24.0 Å². The molecule has 0 spiro atoms. The third-order valence-corrected chi connectivity index (χ3v) is 5.97. The van der Waals surface area contributed by atoms with Gasteiger partial charge < -0.3 is 4.74 Å². The summed E-state index contributed by atoms with van der Waals surface area (Å²) in [5.41, 5.74) is 3.20. The normalized spacial score (nSPS) is 15.7. The number of esters is 1. The molecule has 0 atom stereocenters. The molecule has 154 valence electrons. The number of aryl methyl sites for hydroxylation is 1. The van der Waals surface area contributed by atoms with Gasteiger partial charge in [0.2, 0.25) is 0 Å². The van der Waals surface area contributed by atoms with Gasteiger partial charge >= 0.3 is 5.97 Å². The van der Waals surface area contributed by atoms with Gasteiger partial charge in [-0.2, -0.15) is 0 Å². The summed E-state index contributed by atoms with van der Waals surface area (Å²) in [7, 11) is 0. The molecule has 29 heavy (non-hydrogen) atoms. The van der Waals surface area contributed by atoms with Gasteiger partial charge in [0.25, 0.3) is 0 Å². The summed E-state index contributed by atoms with van der Waals surface area (Å²) in [5, 5.41) is 0. The van der Waals surface area contributed by atoms with Gasteiger partial charge in [-0.15, -0.1) is 0 Å². The summed E-state index contributed by atoms with van der Waals surface area (Å²) >= 11 is 0. The number of halogens is 1. The largest absolute Gasteiger partial charge is 0.466 e. The second-order valence-electron chi connectivity index (χ2n) is 8.10. The van der Waals surface area contributed by atoms with Gasteiger partial charge in [0, 0.05) is 12.8 Å². The first-order valence-corrected chi connectivity index (χ1v) is 10.5. The third-order valence-electron chi connectivity index (χ3n) is 5.97. The summed E-state index contributed by atoms with van der Waals surface area (Å²) in [6.45, 7) is 4.13. The number of rotatable bonds is 7. The van der Waals surface area contributed by atoms with Crippen LogP contribution in [0, 0.1) is 18.2 Å². The van der Waals surface area contributed by atoms with Crippen molar-refractivity contribution in [2.45, 2.75) is 58.8 Å². The van der Waals surface area contributed by atoms with Gasteiger partial charge in [0.05, 0.1) is 12.0 Å². The molecule has 1 aliphatic carbocycles. The number of benzene rings is 2. The van der Waals surface area contributed by atoms with Crippen LogP contribution in [0.3, 0.4) is 0 Å². The molecule has 0 N–H and O–H groups in total. The van der Waals surface area contributed by atoms with Crippen molar-refractivity contribution in [1.29, 1.82) is 0 Å². The fourth-order valence-electron chi connectivity index (χ4n) is 4.30. The lowest BCUT2D eigenvalue weighted by Crippen LogP contribution is -2.37. The second kappa shape index (κ2) is 9.34. The Labute approximate surface area is 172 Å². The highest BCUT2D eigenvalue weighted by Crippen LogP contribution is 2.41. The van der Waals surface area contributed by atoms with Gasteiger partial charge in [0.15, 0.2) is 0 Å². The first-order valence-electron chi connectivity index (χ1n) is 10.5. The van der Waals surface area contributed by atoms with E-state index in [1.165, 1.54) is 12.1 Å². The van der Waals surface area contributed by atoms with Crippen molar-refractivity contribution >= 4 is 11.8 Å². The molecule has 0 unspecified atom stereocenters. The quantitative estimate of drug-likeness (QED) is 0.554. The van der Waals surface area contributed by atoms with Crippen LogP contribution in [0.25, 0.3) is 11.1 Å². The molecule has 0 aromatic heterocycles. The fraction of sp³-hybridized carbons (Fsp3) is 0.440. The molecule has 0 heterocycles. The minimum absolute atomic E-state index is 0.0688. The van der Waals surface area contributed by atoms with Gasteiger partial charge in [-0.25, -0.2) is 4.39 Å². The van der Waals surface area contributed by atoms with Crippen LogP contribution in [-0.2, 0) is 20.7 Å². The van der Waals surface area contributed by atoms with Crippen molar-refractivity contribution in [3.8, 4) is 11.1 Å². The van der Waals surface area contributed by atoms with E-state index in [4.69, 9.17) is 4.74 Å². The van der Waals surface area contributed by atoms with E-state index in [0.29, 0.717) is 13.0 Å². The molecular weight excluding hydrogens is 367 g/mol. The first kappa shape index (κ1) is 21.2. The molecule has 0 radical (unpaired) electrons. The molecule has 0 aliphatic heterocycles. The second-order valence-corrected chi connectivity index (χ2v) is 8.10. The van der Waals surface area contributed by atoms with Gasteiger partial charge in [0.1, 0.15) is 11.6 Å². The molecule has 1 saturated carbocycles. The number of ether oxygens (including phenoxy) is 1. The maximum Gasteiger partial charge on any atom is 0.312 e. The molecule has 0 bridgehead atoms. The first-order chi connectivity index (χ1) is 13.9. The van der Waals surface area contributed by atoms with Crippen LogP contribution in [-0.4, -0.2) is 18.4 Å². The highest BCUT2D eigenvalue weighted by Gasteiger charge is 2.42. The summed E-state index contributed by atoms with van der Waals surface area (Å²) < 4.78 is 18.5.